The van der Waals surface area contributed by atoms with E-state index >= 15 is 0 Å². The Balaban J connectivity index is 1.62. The first kappa shape index (κ1) is 24.8. The van der Waals surface area contributed by atoms with Gasteiger partial charge in [0, 0.05) is 30.7 Å². The minimum Gasteiger partial charge on any atom is -0.488 e. The summed E-state index contributed by atoms with van der Waals surface area (Å²) in [6.07, 6.45) is 3.63. The second kappa shape index (κ2) is 11.0. The van der Waals surface area contributed by atoms with Gasteiger partial charge in [0.15, 0.2) is 0 Å². The minimum atomic E-state index is -1.23. The molecule has 3 aromatic rings. The number of rotatable bonds is 10. The summed E-state index contributed by atoms with van der Waals surface area (Å²) in [7, 11) is 0.390. The number of hydrogen-bond donors (Lipinski definition) is 2. The summed E-state index contributed by atoms with van der Waals surface area (Å²) in [6.45, 7) is 4.37. The molecule has 3 heterocycles. The van der Waals surface area contributed by atoms with E-state index in [1.54, 1.807) is 20.1 Å². The molecule has 0 fully saturated rings. The van der Waals surface area contributed by atoms with E-state index in [0.717, 1.165) is 11.3 Å². The van der Waals surface area contributed by atoms with Crippen molar-refractivity contribution in [2.75, 3.05) is 26.6 Å². The van der Waals surface area contributed by atoms with Crippen LogP contribution >= 0.6 is 0 Å². The third kappa shape index (κ3) is 6.24. The van der Waals surface area contributed by atoms with E-state index in [1.807, 2.05) is 31.2 Å². The monoisotopic (exact) mass is 500 g/mol. The normalized spacial score (nSPS) is 17.9. The van der Waals surface area contributed by atoms with Gasteiger partial charge in [-0.3, -0.25) is 4.21 Å². The van der Waals surface area contributed by atoms with Crippen LogP contribution in [-0.4, -0.2) is 75.0 Å². The molecule has 0 saturated heterocycles. The second-order valence-electron chi connectivity index (χ2n) is 8.16. The number of aliphatic imine (C=N–C) groups is 1. The van der Waals surface area contributed by atoms with Crippen molar-refractivity contribution in [2.45, 2.75) is 37.1 Å². The number of aromatic nitrogens is 3. The summed E-state index contributed by atoms with van der Waals surface area (Å²) >= 11 is 0. The zero-order valence-corrected chi connectivity index (χ0v) is 20.7. The van der Waals surface area contributed by atoms with Crippen molar-refractivity contribution in [3.63, 3.8) is 0 Å². The predicted molar refractivity (Wildman–Crippen MR) is 131 cm³/mol. The van der Waals surface area contributed by atoms with Crippen molar-refractivity contribution >= 4 is 16.7 Å². The van der Waals surface area contributed by atoms with Gasteiger partial charge in [0.05, 0.1) is 35.9 Å². The average Bonchev–Trinajstić information content (AvgIpc) is 3.49. The maximum absolute atomic E-state index is 11.6. The van der Waals surface area contributed by atoms with Crippen LogP contribution < -0.4 is 9.47 Å². The lowest BCUT2D eigenvalue weighted by Crippen LogP contribution is -2.21. The molecule has 0 aliphatic carbocycles. The molecular formula is C24H28N4O6S. The molecule has 4 rings (SSSR count). The number of ether oxygens (including phenoxy) is 4. The van der Waals surface area contributed by atoms with Crippen LogP contribution in [0.5, 0.6) is 17.4 Å². The molecule has 2 N–H and O–H groups in total. The molecule has 1 aromatic carbocycles. The highest BCUT2D eigenvalue weighted by atomic mass is 32.2. The van der Waals surface area contributed by atoms with E-state index in [-0.39, 0.29) is 18.0 Å². The lowest BCUT2D eigenvalue weighted by atomic mass is 10.1. The first-order valence-electron chi connectivity index (χ1n) is 11.0. The van der Waals surface area contributed by atoms with Gasteiger partial charge < -0.3 is 29.0 Å². The Bertz CT molecular complexity index is 1210. The Labute approximate surface area is 205 Å². The fourth-order valence-electron chi connectivity index (χ4n) is 3.45. The molecule has 4 atom stereocenters. The predicted octanol–water partition coefficient (Wildman–Crippen LogP) is 2.94. The van der Waals surface area contributed by atoms with E-state index in [1.165, 1.54) is 18.6 Å². The Morgan fingerprint density at radius 3 is 2.60 bits per heavy atom. The molecule has 186 valence electrons. The smallest absolute Gasteiger partial charge is 0.237 e. The summed E-state index contributed by atoms with van der Waals surface area (Å²) in [5.41, 5.74) is 2.31. The standard InChI is InChI=1S/C24H28N4O6S/c1-14(12-31-3)33-17-7-16(8-18(9-17)34-22-10-26-23(11-25-22)35(4)30)19-5-6-20(27-19)24-28-21(13-32-24)15(2)29/h5-11,14-15,21,27,29H,12-13H2,1-4H3/t14-,15+,21-,35?/m0/s1. The summed E-state index contributed by atoms with van der Waals surface area (Å²) < 4.78 is 34.4. The van der Waals surface area contributed by atoms with Gasteiger partial charge in [0.1, 0.15) is 41.0 Å². The van der Waals surface area contributed by atoms with Crippen molar-refractivity contribution in [3.05, 3.63) is 48.4 Å². The third-order valence-corrected chi connectivity index (χ3v) is 6.00. The summed E-state index contributed by atoms with van der Waals surface area (Å²) in [4.78, 5) is 16.1. The number of aliphatic hydroxyl groups is 1. The van der Waals surface area contributed by atoms with Crippen LogP contribution in [0, 0.1) is 0 Å². The Hall–Kier alpha value is -3.28. The van der Waals surface area contributed by atoms with Gasteiger partial charge in [-0.05, 0) is 38.1 Å². The van der Waals surface area contributed by atoms with Gasteiger partial charge in [-0.2, -0.15) is 0 Å². The largest absolute Gasteiger partial charge is 0.488 e. The molecule has 0 radical (unpaired) electrons. The molecule has 35 heavy (non-hydrogen) atoms. The Morgan fingerprint density at radius 1 is 1.17 bits per heavy atom. The molecule has 11 heteroatoms. The summed E-state index contributed by atoms with van der Waals surface area (Å²) in [5.74, 6) is 1.79. The first-order valence-corrected chi connectivity index (χ1v) is 12.6. The fourth-order valence-corrected chi connectivity index (χ4v) is 3.86. The topological polar surface area (TPSA) is 128 Å². The van der Waals surface area contributed by atoms with E-state index in [2.05, 4.69) is 19.9 Å². The molecule has 0 bridgehead atoms. The van der Waals surface area contributed by atoms with Crippen LogP contribution in [0.4, 0.5) is 0 Å². The van der Waals surface area contributed by atoms with Crippen molar-refractivity contribution < 1.29 is 28.3 Å². The summed E-state index contributed by atoms with van der Waals surface area (Å²) in [5, 5.41) is 10.1. The first-order chi connectivity index (χ1) is 16.8. The molecule has 0 amide bonds. The highest BCUT2D eigenvalue weighted by Gasteiger charge is 2.25. The van der Waals surface area contributed by atoms with Crippen LogP contribution in [-0.2, 0) is 20.3 Å². The number of H-pyrrole nitrogens is 1. The van der Waals surface area contributed by atoms with Crippen LogP contribution in [0.1, 0.15) is 19.5 Å². The van der Waals surface area contributed by atoms with Crippen LogP contribution in [0.25, 0.3) is 11.3 Å². The number of nitrogens with one attached hydrogen (secondary N) is 1. The van der Waals surface area contributed by atoms with Gasteiger partial charge in [-0.15, -0.1) is 0 Å². The molecule has 1 unspecified atom stereocenters. The zero-order chi connectivity index (χ0) is 24.9. The van der Waals surface area contributed by atoms with Crippen molar-refractivity contribution in [1.29, 1.82) is 0 Å². The zero-order valence-electron chi connectivity index (χ0n) is 19.9. The van der Waals surface area contributed by atoms with E-state index in [0.29, 0.717) is 41.3 Å². The highest BCUT2D eigenvalue weighted by molar-refractivity contribution is 7.84. The number of hydrogen-bond acceptors (Lipinski definition) is 9. The molecule has 1 aliphatic rings. The van der Waals surface area contributed by atoms with Crippen molar-refractivity contribution in [3.8, 4) is 28.6 Å². The van der Waals surface area contributed by atoms with Gasteiger partial charge in [-0.1, -0.05) is 0 Å². The van der Waals surface area contributed by atoms with Gasteiger partial charge in [0.25, 0.3) is 0 Å². The average molecular weight is 501 g/mol. The molecule has 0 saturated carbocycles. The van der Waals surface area contributed by atoms with Crippen molar-refractivity contribution in [2.24, 2.45) is 4.99 Å². The lowest BCUT2D eigenvalue weighted by Gasteiger charge is -2.16. The summed E-state index contributed by atoms with van der Waals surface area (Å²) in [6, 6.07) is 8.98. The van der Waals surface area contributed by atoms with Gasteiger partial charge >= 0.3 is 0 Å². The van der Waals surface area contributed by atoms with Crippen LogP contribution in [0.3, 0.4) is 0 Å². The molecule has 0 spiro atoms. The maximum atomic E-state index is 11.6. The Morgan fingerprint density at radius 2 is 1.94 bits per heavy atom. The molecule has 2 aromatic heterocycles. The maximum Gasteiger partial charge on any atom is 0.237 e. The highest BCUT2D eigenvalue weighted by Crippen LogP contribution is 2.32. The lowest BCUT2D eigenvalue weighted by molar-refractivity contribution is 0.0920. The number of nitrogens with zero attached hydrogens (tertiary/aromatic N) is 3. The number of benzene rings is 1. The molecule has 10 nitrogen and oxygen atoms in total. The minimum absolute atomic E-state index is 0.181. The molecular weight excluding hydrogens is 472 g/mol. The Kier molecular flexibility index (Phi) is 7.79. The second-order valence-corrected chi connectivity index (χ2v) is 9.49. The number of methoxy groups -OCH3 is 1. The van der Waals surface area contributed by atoms with E-state index < -0.39 is 16.9 Å². The SMILES string of the molecule is COC[C@H](C)Oc1cc(Oc2cnc(S(C)=O)cn2)cc(-c2ccc(C3=N[C@H]([C@@H](C)O)CO3)[nH]2)c1. The van der Waals surface area contributed by atoms with Gasteiger partial charge in [-0.25, -0.2) is 15.0 Å². The van der Waals surface area contributed by atoms with E-state index in [4.69, 9.17) is 18.9 Å². The van der Waals surface area contributed by atoms with Crippen LogP contribution in [0.2, 0.25) is 0 Å². The molecule has 1 aliphatic heterocycles. The van der Waals surface area contributed by atoms with Crippen molar-refractivity contribution in [1.82, 2.24) is 15.0 Å². The number of aromatic amines is 1. The fraction of sp³-hybridized carbons (Fsp3) is 0.375. The van der Waals surface area contributed by atoms with E-state index in [9.17, 15) is 9.32 Å². The third-order valence-electron chi connectivity index (χ3n) is 5.20. The van der Waals surface area contributed by atoms with Gasteiger partial charge in [0.2, 0.25) is 11.8 Å². The van der Waals surface area contributed by atoms with Crippen LogP contribution in [0.15, 0.2) is 52.7 Å². The quantitative estimate of drug-likeness (QED) is 0.435. The number of aliphatic hydroxyl groups excluding tert-OH is 1.